The number of nitrogens with zero attached hydrogens (tertiary/aromatic N) is 2. The maximum atomic E-state index is 10.0. The zero-order chi connectivity index (χ0) is 11.4. The highest BCUT2D eigenvalue weighted by Crippen LogP contribution is 2.21. The van der Waals surface area contributed by atoms with Gasteiger partial charge < -0.3 is 5.11 Å². The van der Waals surface area contributed by atoms with Crippen molar-refractivity contribution in [2.24, 2.45) is 0 Å². The minimum atomic E-state index is -0.671. The fourth-order valence-corrected chi connectivity index (χ4v) is 1.48. The number of pyridine rings is 1. The predicted molar refractivity (Wildman–Crippen MR) is 59.5 cm³/mol. The molecule has 0 amide bonds. The first-order chi connectivity index (χ1) is 7.81. The van der Waals surface area contributed by atoms with Gasteiger partial charge in [0.05, 0.1) is 11.6 Å². The van der Waals surface area contributed by atoms with Crippen LogP contribution >= 0.6 is 0 Å². The second-order valence-electron chi connectivity index (χ2n) is 3.42. The van der Waals surface area contributed by atoms with E-state index in [4.69, 9.17) is 5.26 Å². The van der Waals surface area contributed by atoms with Crippen molar-refractivity contribution in [3.8, 4) is 6.07 Å². The Kier molecular flexibility index (Phi) is 2.95. The van der Waals surface area contributed by atoms with Crippen molar-refractivity contribution < 1.29 is 5.11 Å². The summed E-state index contributed by atoms with van der Waals surface area (Å²) < 4.78 is 0. The lowest BCUT2D eigenvalue weighted by Gasteiger charge is -2.10. The average molecular weight is 210 g/mol. The van der Waals surface area contributed by atoms with E-state index in [0.29, 0.717) is 5.56 Å². The van der Waals surface area contributed by atoms with Crippen LogP contribution in [0.1, 0.15) is 22.8 Å². The van der Waals surface area contributed by atoms with Crippen molar-refractivity contribution in [3.63, 3.8) is 0 Å². The van der Waals surface area contributed by atoms with Gasteiger partial charge >= 0.3 is 0 Å². The second-order valence-corrected chi connectivity index (χ2v) is 3.42. The number of hydrogen-bond donors (Lipinski definition) is 1. The molecule has 0 saturated carbocycles. The molecule has 1 N–H and O–H groups in total. The van der Waals surface area contributed by atoms with E-state index in [2.05, 4.69) is 4.98 Å². The molecule has 3 nitrogen and oxygen atoms in total. The Morgan fingerprint density at radius 3 is 2.12 bits per heavy atom. The normalized spacial score (nSPS) is 11.8. The van der Waals surface area contributed by atoms with Crippen molar-refractivity contribution in [1.82, 2.24) is 4.98 Å². The molecule has 1 aromatic heterocycles. The van der Waals surface area contributed by atoms with Gasteiger partial charge in [-0.15, -0.1) is 0 Å². The van der Waals surface area contributed by atoms with Gasteiger partial charge in [-0.3, -0.25) is 4.98 Å². The minimum Gasteiger partial charge on any atom is -0.384 e. The fraction of sp³-hybridized carbons (Fsp3) is 0.0769. The molecule has 3 heteroatoms. The van der Waals surface area contributed by atoms with Gasteiger partial charge in [-0.05, 0) is 35.4 Å². The number of rotatable bonds is 2. The first-order valence-electron chi connectivity index (χ1n) is 4.89. The topological polar surface area (TPSA) is 56.9 Å². The van der Waals surface area contributed by atoms with E-state index in [1.54, 1.807) is 48.8 Å². The summed E-state index contributed by atoms with van der Waals surface area (Å²) in [6.45, 7) is 0. The van der Waals surface area contributed by atoms with E-state index < -0.39 is 6.10 Å². The van der Waals surface area contributed by atoms with E-state index in [0.717, 1.165) is 11.1 Å². The molecule has 0 saturated heterocycles. The van der Waals surface area contributed by atoms with Gasteiger partial charge in [0.15, 0.2) is 0 Å². The van der Waals surface area contributed by atoms with Crippen LogP contribution in [0.5, 0.6) is 0 Å². The molecule has 1 aromatic carbocycles. The van der Waals surface area contributed by atoms with Crippen molar-refractivity contribution >= 4 is 0 Å². The van der Waals surface area contributed by atoms with Crippen molar-refractivity contribution in [1.29, 1.82) is 5.26 Å². The van der Waals surface area contributed by atoms with Crippen LogP contribution in [-0.2, 0) is 0 Å². The lowest BCUT2D eigenvalue weighted by molar-refractivity contribution is 0.220. The summed E-state index contributed by atoms with van der Waals surface area (Å²) in [7, 11) is 0. The van der Waals surface area contributed by atoms with Crippen LogP contribution in [0.15, 0.2) is 48.8 Å². The molecule has 0 aliphatic heterocycles. The zero-order valence-corrected chi connectivity index (χ0v) is 8.54. The lowest BCUT2D eigenvalue weighted by atomic mass is 10.0. The number of hydrogen-bond acceptors (Lipinski definition) is 3. The van der Waals surface area contributed by atoms with Gasteiger partial charge in [0.25, 0.3) is 0 Å². The molecule has 0 radical (unpaired) electrons. The summed E-state index contributed by atoms with van der Waals surface area (Å²) in [6, 6.07) is 12.5. The Labute approximate surface area is 93.6 Å². The van der Waals surface area contributed by atoms with Crippen LogP contribution in [0.3, 0.4) is 0 Å². The summed E-state index contributed by atoms with van der Waals surface area (Å²) in [5, 5.41) is 18.7. The molecule has 78 valence electrons. The van der Waals surface area contributed by atoms with Crippen LogP contribution in [0.25, 0.3) is 0 Å². The molecule has 2 rings (SSSR count). The van der Waals surface area contributed by atoms with Gasteiger partial charge in [0, 0.05) is 12.4 Å². The molecule has 1 unspecified atom stereocenters. The van der Waals surface area contributed by atoms with Crippen molar-refractivity contribution in [3.05, 3.63) is 65.5 Å². The Hall–Kier alpha value is -2.18. The second kappa shape index (κ2) is 4.56. The smallest absolute Gasteiger partial charge is 0.104 e. The molecular formula is C13H10N2O. The van der Waals surface area contributed by atoms with Crippen molar-refractivity contribution in [2.75, 3.05) is 0 Å². The van der Waals surface area contributed by atoms with E-state index in [1.165, 1.54) is 0 Å². The lowest BCUT2D eigenvalue weighted by Crippen LogP contribution is -1.99. The quantitative estimate of drug-likeness (QED) is 0.825. The summed E-state index contributed by atoms with van der Waals surface area (Å²) in [6.07, 6.45) is 2.61. The first-order valence-corrected chi connectivity index (χ1v) is 4.89. The summed E-state index contributed by atoms with van der Waals surface area (Å²) >= 11 is 0. The van der Waals surface area contributed by atoms with Crippen molar-refractivity contribution in [2.45, 2.75) is 6.10 Å². The number of nitriles is 1. The Morgan fingerprint density at radius 1 is 1.00 bits per heavy atom. The minimum absolute atomic E-state index is 0.589. The number of aliphatic hydroxyl groups is 1. The third-order valence-electron chi connectivity index (χ3n) is 2.38. The van der Waals surface area contributed by atoms with Gasteiger partial charge in [0.1, 0.15) is 6.10 Å². The van der Waals surface area contributed by atoms with E-state index >= 15 is 0 Å². The predicted octanol–water partition coefficient (Wildman–Crippen LogP) is 2.03. The van der Waals surface area contributed by atoms with E-state index in [1.807, 2.05) is 6.07 Å². The zero-order valence-electron chi connectivity index (χ0n) is 8.54. The molecule has 0 spiro atoms. The molecule has 0 aliphatic rings. The maximum Gasteiger partial charge on any atom is 0.104 e. The largest absolute Gasteiger partial charge is 0.384 e. The number of aromatic nitrogens is 1. The fourth-order valence-electron chi connectivity index (χ4n) is 1.48. The van der Waals surface area contributed by atoms with E-state index in [9.17, 15) is 5.11 Å². The van der Waals surface area contributed by atoms with Gasteiger partial charge in [-0.2, -0.15) is 5.26 Å². The van der Waals surface area contributed by atoms with Gasteiger partial charge in [-0.25, -0.2) is 0 Å². The standard InChI is InChI=1S/C13H10N2O/c14-9-10-1-3-11(4-2-10)13(16)12-5-7-15-8-6-12/h1-8,13,16H. The molecule has 16 heavy (non-hydrogen) atoms. The highest BCUT2D eigenvalue weighted by Gasteiger charge is 2.09. The summed E-state index contributed by atoms with van der Waals surface area (Å²) in [5.41, 5.74) is 2.15. The number of aliphatic hydroxyl groups excluding tert-OH is 1. The van der Waals surface area contributed by atoms with Crippen LogP contribution in [0, 0.1) is 11.3 Å². The SMILES string of the molecule is N#Cc1ccc(C(O)c2ccncc2)cc1. The summed E-state index contributed by atoms with van der Waals surface area (Å²) in [4.78, 5) is 3.89. The molecule has 0 aliphatic carbocycles. The van der Waals surface area contributed by atoms with Crippen LogP contribution in [0.4, 0.5) is 0 Å². The highest BCUT2D eigenvalue weighted by atomic mass is 16.3. The number of benzene rings is 1. The van der Waals surface area contributed by atoms with E-state index in [-0.39, 0.29) is 0 Å². The molecule has 2 aromatic rings. The average Bonchev–Trinajstić information content (AvgIpc) is 2.39. The third-order valence-corrected chi connectivity index (χ3v) is 2.38. The third kappa shape index (κ3) is 2.08. The van der Waals surface area contributed by atoms with Crippen LogP contribution in [0.2, 0.25) is 0 Å². The van der Waals surface area contributed by atoms with Crippen LogP contribution in [-0.4, -0.2) is 10.1 Å². The molecule has 0 bridgehead atoms. The first kappa shape index (κ1) is 10.3. The molecular weight excluding hydrogens is 200 g/mol. The Morgan fingerprint density at radius 2 is 1.56 bits per heavy atom. The van der Waals surface area contributed by atoms with Crippen LogP contribution < -0.4 is 0 Å². The summed E-state index contributed by atoms with van der Waals surface area (Å²) in [5.74, 6) is 0. The molecule has 1 atom stereocenters. The highest BCUT2D eigenvalue weighted by molar-refractivity contribution is 5.35. The Bertz CT molecular complexity index is 500. The molecule has 1 heterocycles. The monoisotopic (exact) mass is 210 g/mol. The van der Waals surface area contributed by atoms with Gasteiger partial charge in [0.2, 0.25) is 0 Å². The maximum absolute atomic E-state index is 10.0. The van der Waals surface area contributed by atoms with Gasteiger partial charge in [-0.1, -0.05) is 12.1 Å². The molecule has 0 fully saturated rings. The Balaban J connectivity index is 2.28.